The van der Waals surface area contributed by atoms with Crippen molar-refractivity contribution in [3.8, 4) is 0 Å². The highest BCUT2D eigenvalue weighted by Crippen LogP contribution is 2.11. The number of hydrogen-bond acceptors (Lipinski definition) is 0. The largest absolute Gasteiger partial charge is 0.0764 e. The van der Waals surface area contributed by atoms with Gasteiger partial charge in [0.1, 0.15) is 0 Å². The van der Waals surface area contributed by atoms with Crippen molar-refractivity contribution >= 4 is 22.9 Å². The molecule has 0 aromatic heterocycles. The van der Waals surface area contributed by atoms with Gasteiger partial charge in [-0.25, -0.2) is 0 Å². The maximum Gasteiger partial charge on any atom is -0.0184 e. The van der Waals surface area contributed by atoms with Gasteiger partial charge in [-0.05, 0) is 34.1 Å². The number of hydrogen-bond donors (Lipinski definition) is 0. The van der Waals surface area contributed by atoms with Crippen LogP contribution in [-0.4, -0.2) is 0 Å². The summed E-state index contributed by atoms with van der Waals surface area (Å²) in [6.45, 7) is 4.25. The van der Waals surface area contributed by atoms with Crippen molar-refractivity contribution in [3.05, 3.63) is 83.2 Å². The van der Waals surface area contributed by atoms with Gasteiger partial charge in [0, 0.05) is 0 Å². The molecule has 0 fully saturated rings. The molecule has 0 atom stereocenters. The zero-order valence-electron chi connectivity index (χ0n) is 14.2. The molecule has 0 heteroatoms. The maximum atomic E-state index is 2.30. The Morgan fingerprint density at radius 3 is 1.22 bits per heavy atom. The molecule has 0 nitrogen and oxygen atoms in total. The lowest BCUT2D eigenvalue weighted by molar-refractivity contribution is 1.09. The summed E-state index contributed by atoms with van der Waals surface area (Å²) < 4.78 is 0. The highest BCUT2D eigenvalue weighted by Gasteiger charge is 1.89. The predicted octanol–water partition coefficient (Wildman–Crippen LogP) is 5.30. The zero-order chi connectivity index (χ0) is 16.3. The van der Waals surface area contributed by atoms with Crippen molar-refractivity contribution in [2.24, 2.45) is 0 Å². The second-order valence-corrected chi connectivity index (χ2v) is 5.67. The molecule has 0 saturated heterocycles. The van der Waals surface area contributed by atoms with Crippen molar-refractivity contribution in [3.63, 3.8) is 0 Å². The molecule has 0 spiro atoms. The zero-order valence-corrected chi connectivity index (χ0v) is 14.2. The van der Waals surface area contributed by atoms with E-state index in [0.29, 0.717) is 0 Å². The maximum absolute atomic E-state index is 2.30. The van der Waals surface area contributed by atoms with E-state index in [0.717, 1.165) is 0 Å². The molecule has 1 aliphatic rings. The summed E-state index contributed by atoms with van der Waals surface area (Å²) in [4.78, 5) is 0. The van der Waals surface area contributed by atoms with Gasteiger partial charge in [-0.1, -0.05) is 105 Å². The van der Waals surface area contributed by atoms with Gasteiger partial charge in [0.15, 0.2) is 0 Å². The third kappa shape index (κ3) is 5.41. The third-order valence-corrected chi connectivity index (χ3v) is 3.55. The van der Waals surface area contributed by atoms with Crippen molar-refractivity contribution in [2.45, 2.75) is 33.1 Å². The van der Waals surface area contributed by atoms with Crippen molar-refractivity contribution in [1.29, 1.82) is 0 Å². The molecule has 0 saturated carbocycles. The van der Waals surface area contributed by atoms with E-state index in [2.05, 4.69) is 98.8 Å². The van der Waals surface area contributed by atoms with Crippen LogP contribution in [0.25, 0.3) is 22.9 Å². The van der Waals surface area contributed by atoms with Gasteiger partial charge < -0.3 is 0 Å². The molecule has 23 heavy (non-hydrogen) atoms. The molecule has 0 aliphatic heterocycles. The number of rotatable bonds is 0. The van der Waals surface area contributed by atoms with E-state index < -0.39 is 0 Å². The van der Waals surface area contributed by atoms with Crippen LogP contribution in [0.15, 0.2) is 72.8 Å². The Kier molecular flexibility index (Phi) is 7.13. The molecule has 0 unspecified atom stereocenters. The normalized spacial score (nSPS) is 11.6. The van der Waals surface area contributed by atoms with Gasteiger partial charge in [0.25, 0.3) is 0 Å². The molecule has 0 radical (unpaired) electrons. The Labute approximate surface area is 139 Å². The van der Waals surface area contributed by atoms with Gasteiger partial charge in [0.05, 0.1) is 0 Å². The van der Waals surface area contributed by atoms with Gasteiger partial charge >= 0.3 is 0 Å². The quantitative estimate of drug-likeness (QED) is 0.529. The van der Waals surface area contributed by atoms with Gasteiger partial charge in [0.2, 0.25) is 0 Å². The highest BCUT2D eigenvalue weighted by atomic mass is 13.9. The van der Waals surface area contributed by atoms with Crippen LogP contribution in [-0.2, 0) is 0 Å². The summed E-state index contributed by atoms with van der Waals surface area (Å²) in [5.74, 6) is 0. The predicted molar refractivity (Wildman–Crippen MR) is 104 cm³/mol. The lowest BCUT2D eigenvalue weighted by Crippen LogP contribution is -2.25. The summed E-state index contributed by atoms with van der Waals surface area (Å²) >= 11 is 0. The van der Waals surface area contributed by atoms with Crippen LogP contribution in [0.5, 0.6) is 0 Å². The molecular formula is C23H26. The Morgan fingerprint density at radius 1 is 0.565 bits per heavy atom. The van der Waals surface area contributed by atoms with Crippen LogP contribution < -0.4 is 10.4 Å². The van der Waals surface area contributed by atoms with E-state index >= 15 is 0 Å². The average molecular weight is 302 g/mol. The molecule has 0 N–H and O–H groups in total. The SMILES string of the molecule is C1=c2ccccc2=CCC1.CCC.c1ccc2ccccc2c1. The molecule has 4 rings (SSSR count). The van der Waals surface area contributed by atoms with Crippen LogP contribution in [0.4, 0.5) is 0 Å². The lowest BCUT2D eigenvalue weighted by Gasteiger charge is -1.96. The first-order valence-electron chi connectivity index (χ1n) is 8.54. The fourth-order valence-corrected chi connectivity index (χ4v) is 2.49. The van der Waals surface area contributed by atoms with Crippen LogP contribution in [0, 0.1) is 0 Å². The summed E-state index contributed by atoms with van der Waals surface area (Å²) in [7, 11) is 0. The van der Waals surface area contributed by atoms with Gasteiger partial charge in [-0.15, -0.1) is 0 Å². The number of fused-ring (bicyclic) bond motifs is 2. The van der Waals surface area contributed by atoms with E-state index in [-0.39, 0.29) is 0 Å². The molecule has 118 valence electrons. The second kappa shape index (κ2) is 9.63. The van der Waals surface area contributed by atoms with E-state index in [9.17, 15) is 0 Å². The molecular weight excluding hydrogens is 276 g/mol. The van der Waals surface area contributed by atoms with E-state index in [1.54, 1.807) is 0 Å². The first-order chi connectivity index (χ1) is 11.3. The average Bonchev–Trinajstić information content (AvgIpc) is 2.63. The van der Waals surface area contributed by atoms with Crippen molar-refractivity contribution in [2.75, 3.05) is 0 Å². The van der Waals surface area contributed by atoms with Crippen LogP contribution in [0.3, 0.4) is 0 Å². The van der Waals surface area contributed by atoms with E-state index in [1.807, 2.05) is 0 Å². The topological polar surface area (TPSA) is 0 Å². The van der Waals surface area contributed by atoms with Crippen LogP contribution in [0.2, 0.25) is 0 Å². The summed E-state index contributed by atoms with van der Waals surface area (Å²) in [6.07, 6.45) is 8.26. The Balaban J connectivity index is 0.000000143. The molecule has 0 amide bonds. The highest BCUT2D eigenvalue weighted by molar-refractivity contribution is 5.81. The summed E-state index contributed by atoms with van der Waals surface area (Å²) in [5, 5.41) is 5.41. The molecule has 3 aromatic carbocycles. The minimum atomic E-state index is 1.21. The fraction of sp³-hybridized carbons (Fsp3) is 0.217. The minimum Gasteiger partial charge on any atom is -0.0764 e. The first kappa shape index (κ1) is 17.0. The van der Waals surface area contributed by atoms with Crippen molar-refractivity contribution < 1.29 is 0 Å². The van der Waals surface area contributed by atoms with Gasteiger partial charge in [-0.3, -0.25) is 0 Å². The van der Waals surface area contributed by atoms with Crippen LogP contribution >= 0.6 is 0 Å². The summed E-state index contributed by atoms with van der Waals surface area (Å²) in [6, 6.07) is 25.2. The monoisotopic (exact) mass is 302 g/mol. The van der Waals surface area contributed by atoms with Crippen LogP contribution in [0.1, 0.15) is 33.1 Å². The van der Waals surface area contributed by atoms with Gasteiger partial charge in [-0.2, -0.15) is 0 Å². The number of benzene rings is 3. The second-order valence-electron chi connectivity index (χ2n) is 5.67. The minimum absolute atomic E-state index is 1.21. The fourth-order valence-electron chi connectivity index (χ4n) is 2.49. The smallest absolute Gasteiger partial charge is 0.0184 e. The molecule has 3 aromatic rings. The molecule has 0 heterocycles. The summed E-state index contributed by atoms with van der Waals surface area (Å²) in [5.41, 5.74) is 0. The molecule has 0 bridgehead atoms. The Bertz CT molecular complexity index is 727. The third-order valence-electron chi connectivity index (χ3n) is 3.55. The lowest BCUT2D eigenvalue weighted by atomic mass is 10.1. The van der Waals surface area contributed by atoms with Crippen molar-refractivity contribution in [1.82, 2.24) is 0 Å². The Morgan fingerprint density at radius 2 is 0.870 bits per heavy atom. The van der Waals surface area contributed by atoms with E-state index in [1.165, 1.54) is 40.5 Å². The first-order valence-corrected chi connectivity index (χ1v) is 8.54. The molecule has 1 aliphatic carbocycles. The van der Waals surface area contributed by atoms with E-state index in [4.69, 9.17) is 0 Å². The standard InChI is InChI=1S/C10H10.C10H8.C3H8/c2*1-2-6-10-8-4-3-7-9(10)5-1;1-3-2/h1-2,5-8H,3-4H2;1-8H;3H2,1-2H3. The Hall–Kier alpha value is -2.34.